The number of piperidine rings is 2. The van der Waals surface area contributed by atoms with Crippen LogP contribution in [-0.2, 0) is 32.7 Å². The van der Waals surface area contributed by atoms with Crippen molar-refractivity contribution in [1.29, 1.82) is 0 Å². The summed E-state index contributed by atoms with van der Waals surface area (Å²) in [5.74, 6) is 3.29. The van der Waals surface area contributed by atoms with Crippen molar-refractivity contribution in [2.75, 3.05) is 32.7 Å². The fourth-order valence-corrected chi connectivity index (χ4v) is 4.19. The second-order valence-corrected chi connectivity index (χ2v) is 6.02. The third-order valence-electron chi connectivity index (χ3n) is 5.39. The van der Waals surface area contributed by atoms with Gasteiger partial charge >= 0.3 is 0 Å². The molecule has 2 atom stereocenters. The SMILES string of the molecule is CC.CCC1C2CN(C3CCN(CC)CC3)CC12.[CH3-].[Y]. The van der Waals surface area contributed by atoms with Crippen molar-refractivity contribution in [2.45, 2.75) is 53.0 Å². The molecule has 0 aromatic heterocycles. The third kappa shape index (κ3) is 4.51. The Kier molecular flexibility index (Phi) is 10.4. The van der Waals surface area contributed by atoms with Gasteiger partial charge < -0.3 is 12.3 Å². The van der Waals surface area contributed by atoms with Gasteiger partial charge in [0.15, 0.2) is 0 Å². The van der Waals surface area contributed by atoms with Crippen LogP contribution < -0.4 is 0 Å². The summed E-state index contributed by atoms with van der Waals surface area (Å²) in [6.45, 7) is 15.4. The largest absolute Gasteiger partial charge is 0.358 e. The quantitative estimate of drug-likeness (QED) is 0.714. The van der Waals surface area contributed by atoms with Crippen LogP contribution in [0.5, 0.6) is 0 Å². The normalized spacial score (nSPS) is 33.3. The number of nitrogens with zero attached hydrogens (tertiary/aromatic N) is 2. The first kappa shape index (κ1) is 21.0. The fourth-order valence-electron chi connectivity index (χ4n) is 4.19. The van der Waals surface area contributed by atoms with Crippen molar-refractivity contribution < 1.29 is 32.7 Å². The Balaban J connectivity index is 0.000000866. The maximum Gasteiger partial charge on any atom is 0.0120 e. The average Bonchev–Trinajstić information content (AvgIpc) is 2.92. The first-order valence-electron chi connectivity index (χ1n) is 8.29. The van der Waals surface area contributed by atoms with Crippen LogP contribution in [-0.4, -0.2) is 48.6 Å². The summed E-state index contributed by atoms with van der Waals surface area (Å²) >= 11 is 0. The topological polar surface area (TPSA) is 6.48 Å². The van der Waals surface area contributed by atoms with Gasteiger partial charge in [-0.3, -0.25) is 4.90 Å². The minimum Gasteiger partial charge on any atom is -0.358 e. The summed E-state index contributed by atoms with van der Waals surface area (Å²) in [4.78, 5) is 5.41. The number of likely N-dealkylation sites (tertiary alicyclic amines) is 2. The molecule has 1 aliphatic carbocycles. The van der Waals surface area contributed by atoms with E-state index in [1.165, 1.54) is 52.0 Å². The summed E-state index contributed by atoms with van der Waals surface area (Å²) in [5.41, 5.74) is 0. The van der Waals surface area contributed by atoms with E-state index in [0.29, 0.717) is 0 Å². The monoisotopic (exact) mass is 356 g/mol. The molecule has 1 saturated carbocycles. The van der Waals surface area contributed by atoms with Gasteiger partial charge in [0, 0.05) is 51.8 Å². The Morgan fingerprint density at radius 1 is 0.950 bits per heavy atom. The van der Waals surface area contributed by atoms with Gasteiger partial charge in [0.25, 0.3) is 0 Å². The molecule has 0 aromatic carbocycles. The molecule has 3 heteroatoms. The Morgan fingerprint density at radius 3 is 1.85 bits per heavy atom. The minimum absolute atomic E-state index is 0. The Bertz CT molecular complexity index is 237. The Labute approximate surface area is 152 Å². The van der Waals surface area contributed by atoms with Crippen molar-refractivity contribution in [3.63, 3.8) is 0 Å². The molecule has 2 nitrogen and oxygen atoms in total. The average molecular weight is 356 g/mol. The first-order valence-corrected chi connectivity index (χ1v) is 8.29. The van der Waals surface area contributed by atoms with E-state index >= 15 is 0 Å². The molecular weight excluding hydrogens is 321 g/mol. The maximum atomic E-state index is 2.81. The number of fused-ring (bicyclic) bond motifs is 1. The predicted octanol–water partition coefficient (Wildman–Crippen LogP) is 3.53. The first-order chi connectivity index (χ1) is 8.83. The van der Waals surface area contributed by atoms with E-state index in [0.717, 1.165) is 23.8 Å². The molecule has 0 spiro atoms. The van der Waals surface area contributed by atoms with Gasteiger partial charge in [-0.1, -0.05) is 34.1 Å². The van der Waals surface area contributed by atoms with Gasteiger partial charge in [0.1, 0.15) is 0 Å². The molecule has 0 amide bonds. The van der Waals surface area contributed by atoms with Gasteiger partial charge in [0.05, 0.1) is 0 Å². The van der Waals surface area contributed by atoms with Crippen molar-refractivity contribution in [1.82, 2.24) is 9.80 Å². The van der Waals surface area contributed by atoms with E-state index in [1.807, 2.05) is 13.8 Å². The van der Waals surface area contributed by atoms with Crippen LogP contribution in [0, 0.1) is 25.2 Å². The molecule has 0 N–H and O–H groups in total. The van der Waals surface area contributed by atoms with Crippen LogP contribution >= 0.6 is 0 Å². The van der Waals surface area contributed by atoms with E-state index < -0.39 is 0 Å². The second kappa shape index (κ2) is 9.92. The van der Waals surface area contributed by atoms with Crippen molar-refractivity contribution in [3.8, 4) is 0 Å². The van der Waals surface area contributed by atoms with Gasteiger partial charge in [-0.05, 0) is 50.2 Å². The van der Waals surface area contributed by atoms with Gasteiger partial charge in [0.2, 0.25) is 0 Å². The molecule has 0 aromatic rings. The molecule has 117 valence electrons. The molecule has 20 heavy (non-hydrogen) atoms. The van der Waals surface area contributed by atoms with E-state index in [4.69, 9.17) is 0 Å². The van der Waals surface area contributed by atoms with Crippen LogP contribution in [0.25, 0.3) is 0 Å². The molecule has 3 aliphatic rings. The standard InChI is InChI=1S/C14H26N2.C2H6.CH3.Y/c1-3-12-13-9-16(10-14(12)13)11-5-7-15(4-2)8-6-11;1-2;;/h11-14H,3-10H2,1-2H3;1-2H3;1H3;/q;;-1;. The van der Waals surface area contributed by atoms with E-state index in [-0.39, 0.29) is 40.1 Å². The molecule has 1 radical (unpaired) electrons. The number of hydrogen-bond donors (Lipinski definition) is 0. The number of hydrogen-bond acceptors (Lipinski definition) is 2. The molecule has 2 heterocycles. The smallest absolute Gasteiger partial charge is 0.0120 e. The molecule has 0 bridgehead atoms. The molecular formula is C17H35N2Y-. The number of rotatable bonds is 3. The van der Waals surface area contributed by atoms with Crippen LogP contribution in [0.15, 0.2) is 0 Å². The molecule has 2 saturated heterocycles. The van der Waals surface area contributed by atoms with E-state index in [9.17, 15) is 0 Å². The zero-order valence-corrected chi connectivity index (χ0v) is 17.3. The van der Waals surface area contributed by atoms with E-state index in [2.05, 4.69) is 23.6 Å². The predicted molar refractivity (Wildman–Crippen MR) is 85.2 cm³/mol. The molecule has 3 rings (SSSR count). The Hall–Kier alpha value is 1.02. The van der Waals surface area contributed by atoms with Crippen LogP contribution in [0.1, 0.15) is 47.0 Å². The Morgan fingerprint density at radius 2 is 1.45 bits per heavy atom. The van der Waals surface area contributed by atoms with Crippen LogP contribution in [0.4, 0.5) is 0 Å². The van der Waals surface area contributed by atoms with E-state index in [1.54, 1.807) is 0 Å². The molecule has 3 fully saturated rings. The fraction of sp³-hybridized carbons (Fsp3) is 0.941. The second-order valence-electron chi connectivity index (χ2n) is 6.02. The summed E-state index contributed by atoms with van der Waals surface area (Å²) in [7, 11) is 0. The van der Waals surface area contributed by atoms with Gasteiger partial charge in [-0.15, -0.1) is 0 Å². The molecule has 2 unspecified atom stereocenters. The zero-order valence-electron chi connectivity index (χ0n) is 14.4. The maximum absolute atomic E-state index is 2.81. The van der Waals surface area contributed by atoms with Crippen LogP contribution in [0.2, 0.25) is 0 Å². The summed E-state index contributed by atoms with van der Waals surface area (Å²) < 4.78 is 0. The summed E-state index contributed by atoms with van der Waals surface area (Å²) in [5, 5.41) is 0. The third-order valence-corrected chi connectivity index (χ3v) is 5.39. The van der Waals surface area contributed by atoms with Crippen LogP contribution in [0.3, 0.4) is 0 Å². The summed E-state index contributed by atoms with van der Waals surface area (Å²) in [6, 6.07) is 0.924. The van der Waals surface area contributed by atoms with Crippen molar-refractivity contribution in [3.05, 3.63) is 7.43 Å². The minimum atomic E-state index is 0. The van der Waals surface area contributed by atoms with Crippen molar-refractivity contribution in [2.24, 2.45) is 17.8 Å². The zero-order chi connectivity index (χ0) is 13.1. The van der Waals surface area contributed by atoms with Gasteiger partial charge in [-0.25, -0.2) is 0 Å². The van der Waals surface area contributed by atoms with Gasteiger partial charge in [-0.2, -0.15) is 0 Å². The summed E-state index contributed by atoms with van der Waals surface area (Å²) in [6.07, 6.45) is 4.27. The molecule has 2 aliphatic heterocycles. The van der Waals surface area contributed by atoms with Crippen molar-refractivity contribution >= 4 is 0 Å².